The molecule has 3 nitrogen and oxygen atoms in total. The van der Waals surface area contributed by atoms with Crippen LogP contribution in [0, 0.1) is 13.8 Å². The summed E-state index contributed by atoms with van der Waals surface area (Å²) < 4.78 is 10.4. The summed E-state index contributed by atoms with van der Waals surface area (Å²) in [4.78, 5) is 12.6. The van der Waals surface area contributed by atoms with Gasteiger partial charge >= 0.3 is 0 Å². The van der Waals surface area contributed by atoms with E-state index >= 15 is 0 Å². The van der Waals surface area contributed by atoms with Gasteiger partial charge in [0.25, 0.3) is 0 Å². The van der Waals surface area contributed by atoms with Crippen LogP contribution in [0.1, 0.15) is 27.0 Å². The minimum atomic E-state index is -0.0384. The lowest BCUT2D eigenvalue weighted by atomic mass is 9.99. The van der Waals surface area contributed by atoms with Gasteiger partial charge < -0.3 is 9.47 Å². The van der Waals surface area contributed by atoms with Gasteiger partial charge in [-0.1, -0.05) is 35.4 Å². The first kappa shape index (κ1) is 14.3. The molecule has 20 heavy (non-hydrogen) atoms. The second kappa shape index (κ2) is 6.35. The minimum absolute atomic E-state index is 0.0384. The van der Waals surface area contributed by atoms with E-state index < -0.39 is 0 Å². The van der Waals surface area contributed by atoms with Crippen LogP contribution in [-0.4, -0.2) is 19.7 Å². The molecule has 0 bridgehead atoms. The van der Waals surface area contributed by atoms with Gasteiger partial charge in [-0.05, 0) is 32.0 Å². The van der Waals surface area contributed by atoms with Crippen molar-refractivity contribution in [2.75, 3.05) is 13.9 Å². The Morgan fingerprint density at radius 1 is 1.05 bits per heavy atom. The van der Waals surface area contributed by atoms with E-state index in [0.717, 1.165) is 11.1 Å². The maximum atomic E-state index is 12.6. The van der Waals surface area contributed by atoms with E-state index in [9.17, 15) is 4.79 Å². The van der Waals surface area contributed by atoms with Crippen LogP contribution < -0.4 is 4.74 Å². The van der Waals surface area contributed by atoms with Crippen molar-refractivity contribution in [3.05, 3.63) is 64.7 Å². The highest BCUT2D eigenvalue weighted by Gasteiger charge is 2.15. The maximum absolute atomic E-state index is 12.6. The molecule has 0 amide bonds. The Morgan fingerprint density at radius 2 is 1.80 bits per heavy atom. The van der Waals surface area contributed by atoms with Crippen LogP contribution in [0.15, 0.2) is 42.5 Å². The van der Waals surface area contributed by atoms with E-state index in [1.54, 1.807) is 13.2 Å². The molecule has 2 aromatic carbocycles. The number of methoxy groups -OCH3 is 1. The van der Waals surface area contributed by atoms with E-state index in [0.29, 0.717) is 16.9 Å². The number of carbonyl (C=O) groups is 1. The maximum Gasteiger partial charge on any atom is 0.196 e. The highest BCUT2D eigenvalue weighted by atomic mass is 16.7. The zero-order chi connectivity index (χ0) is 14.5. The molecule has 0 radical (unpaired) electrons. The lowest BCUT2D eigenvalue weighted by molar-refractivity contribution is 0.0503. The Balaban J connectivity index is 2.39. The molecule has 0 saturated heterocycles. The van der Waals surface area contributed by atoms with E-state index in [-0.39, 0.29) is 12.6 Å². The van der Waals surface area contributed by atoms with Crippen LogP contribution in [0.25, 0.3) is 0 Å². The summed E-state index contributed by atoms with van der Waals surface area (Å²) in [6.07, 6.45) is 0. The van der Waals surface area contributed by atoms with E-state index in [1.807, 2.05) is 50.2 Å². The quantitative estimate of drug-likeness (QED) is 0.616. The molecule has 0 aliphatic heterocycles. The van der Waals surface area contributed by atoms with E-state index in [4.69, 9.17) is 9.47 Å². The monoisotopic (exact) mass is 270 g/mol. The first-order chi connectivity index (χ1) is 9.61. The fraction of sp³-hybridized carbons (Fsp3) is 0.235. The summed E-state index contributed by atoms with van der Waals surface area (Å²) in [6.45, 7) is 4.04. The molecule has 2 aromatic rings. The number of benzene rings is 2. The molecule has 0 unspecified atom stereocenters. The first-order valence-electron chi connectivity index (χ1n) is 6.45. The summed E-state index contributed by atoms with van der Waals surface area (Å²) in [6, 6.07) is 13.1. The molecule has 2 rings (SSSR count). The third kappa shape index (κ3) is 3.25. The molecule has 3 heteroatoms. The largest absolute Gasteiger partial charge is 0.467 e. The molecule has 0 aliphatic carbocycles. The second-order valence-electron chi connectivity index (χ2n) is 4.75. The third-order valence-electron chi connectivity index (χ3n) is 2.99. The molecule has 104 valence electrons. The highest BCUT2D eigenvalue weighted by Crippen LogP contribution is 2.23. The Morgan fingerprint density at radius 3 is 2.50 bits per heavy atom. The van der Waals surface area contributed by atoms with Crippen molar-refractivity contribution in [2.24, 2.45) is 0 Å². The molecule has 0 saturated carbocycles. The molecule has 0 spiro atoms. The first-order valence-corrected chi connectivity index (χ1v) is 6.45. The molecule has 0 atom stereocenters. The van der Waals surface area contributed by atoms with Crippen LogP contribution in [-0.2, 0) is 4.74 Å². The zero-order valence-electron chi connectivity index (χ0n) is 12.0. The number of ether oxygens (including phenoxy) is 2. The van der Waals surface area contributed by atoms with Gasteiger partial charge in [0.2, 0.25) is 0 Å². The lowest BCUT2D eigenvalue weighted by Gasteiger charge is -2.11. The van der Waals surface area contributed by atoms with Crippen LogP contribution in [0.4, 0.5) is 0 Å². The highest BCUT2D eigenvalue weighted by molar-refractivity contribution is 6.10. The number of carbonyl (C=O) groups excluding carboxylic acids is 1. The SMILES string of the molecule is COCOc1ccc(C)cc1C(=O)c1cccc(C)c1. The lowest BCUT2D eigenvalue weighted by Crippen LogP contribution is -2.07. The summed E-state index contributed by atoms with van der Waals surface area (Å²) in [5, 5.41) is 0. The molecule has 0 fully saturated rings. The predicted molar refractivity (Wildman–Crippen MR) is 78.3 cm³/mol. The fourth-order valence-corrected chi connectivity index (χ4v) is 2.01. The number of rotatable bonds is 5. The average Bonchev–Trinajstić information content (AvgIpc) is 2.45. The normalized spacial score (nSPS) is 10.3. The van der Waals surface area contributed by atoms with Crippen molar-refractivity contribution in [3.8, 4) is 5.75 Å². The third-order valence-corrected chi connectivity index (χ3v) is 2.99. The van der Waals surface area contributed by atoms with Crippen LogP contribution in [0.5, 0.6) is 5.75 Å². The van der Waals surface area contributed by atoms with Gasteiger partial charge in [0.1, 0.15) is 5.75 Å². The number of hydrogen-bond donors (Lipinski definition) is 0. The van der Waals surface area contributed by atoms with Crippen LogP contribution >= 0.6 is 0 Å². The molecule has 0 aliphatic rings. The van der Waals surface area contributed by atoms with Crippen molar-refractivity contribution in [1.82, 2.24) is 0 Å². The smallest absolute Gasteiger partial charge is 0.196 e. The summed E-state index contributed by atoms with van der Waals surface area (Å²) in [7, 11) is 1.55. The Bertz CT molecular complexity index is 617. The average molecular weight is 270 g/mol. The van der Waals surface area contributed by atoms with Gasteiger partial charge in [0, 0.05) is 12.7 Å². The number of hydrogen-bond acceptors (Lipinski definition) is 3. The molecular weight excluding hydrogens is 252 g/mol. The van der Waals surface area contributed by atoms with Crippen LogP contribution in [0.2, 0.25) is 0 Å². The predicted octanol–water partition coefficient (Wildman–Crippen LogP) is 3.52. The van der Waals surface area contributed by atoms with Gasteiger partial charge in [-0.2, -0.15) is 0 Å². The molecule has 0 heterocycles. The van der Waals surface area contributed by atoms with E-state index in [1.165, 1.54) is 0 Å². The van der Waals surface area contributed by atoms with E-state index in [2.05, 4.69) is 0 Å². The Labute approximate surface area is 119 Å². The van der Waals surface area contributed by atoms with Crippen molar-refractivity contribution in [2.45, 2.75) is 13.8 Å². The second-order valence-corrected chi connectivity index (χ2v) is 4.75. The van der Waals surface area contributed by atoms with Gasteiger partial charge in [0.15, 0.2) is 12.6 Å². The molecule has 0 N–H and O–H groups in total. The van der Waals surface area contributed by atoms with Gasteiger partial charge in [0.05, 0.1) is 5.56 Å². The summed E-state index contributed by atoms with van der Waals surface area (Å²) >= 11 is 0. The summed E-state index contributed by atoms with van der Waals surface area (Å²) in [5.74, 6) is 0.507. The number of aryl methyl sites for hydroxylation is 2. The minimum Gasteiger partial charge on any atom is -0.467 e. The van der Waals surface area contributed by atoms with Crippen molar-refractivity contribution in [1.29, 1.82) is 0 Å². The van der Waals surface area contributed by atoms with Crippen molar-refractivity contribution < 1.29 is 14.3 Å². The topological polar surface area (TPSA) is 35.5 Å². The number of ketones is 1. The van der Waals surface area contributed by atoms with Crippen molar-refractivity contribution in [3.63, 3.8) is 0 Å². The van der Waals surface area contributed by atoms with Gasteiger partial charge in [-0.15, -0.1) is 0 Å². The van der Waals surface area contributed by atoms with Crippen LogP contribution in [0.3, 0.4) is 0 Å². The van der Waals surface area contributed by atoms with Crippen molar-refractivity contribution >= 4 is 5.78 Å². The summed E-state index contributed by atoms with van der Waals surface area (Å²) in [5.41, 5.74) is 3.30. The Hall–Kier alpha value is -2.13. The molecular formula is C17H18O3. The standard InChI is InChI=1S/C17H18O3/c1-12-5-4-6-14(9-12)17(18)15-10-13(2)7-8-16(15)20-11-19-3/h4-10H,11H2,1-3H3. The van der Waals surface area contributed by atoms with Gasteiger partial charge in [-0.3, -0.25) is 4.79 Å². The fourth-order valence-electron chi connectivity index (χ4n) is 2.01. The zero-order valence-corrected chi connectivity index (χ0v) is 12.0. The Kier molecular flexibility index (Phi) is 4.53. The molecule has 0 aromatic heterocycles. The van der Waals surface area contributed by atoms with Gasteiger partial charge in [-0.25, -0.2) is 0 Å².